The standard InChI is InChI=1S/C22H27N5O/c1-15-6-7-18-19(22(28)26(3)10-11-27-8-4-5-9-27)12-20(17-13-23-24-14-17)25-21(18)16(15)2/h6-7,12-14H,4-5,8-11H2,1-3H3,(H,23,24). The van der Waals surface area contributed by atoms with E-state index in [1.807, 2.05) is 30.3 Å². The Kier molecular flexibility index (Phi) is 5.13. The second-order valence-corrected chi connectivity index (χ2v) is 7.72. The van der Waals surface area contributed by atoms with E-state index in [-0.39, 0.29) is 5.91 Å². The highest BCUT2D eigenvalue weighted by Crippen LogP contribution is 2.28. The first-order valence-electron chi connectivity index (χ1n) is 9.92. The van der Waals surface area contributed by atoms with Gasteiger partial charge < -0.3 is 9.80 Å². The Morgan fingerprint density at radius 2 is 2.04 bits per heavy atom. The van der Waals surface area contributed by atoms with Crippen LogP contribution in [0.1, 0.15) is 34.3 Å². The van der Waals surface area contributed by atoms with Gasteiger partial charge in [-0.15, -0.1) is 0 Å². The van der Waals surface area contributed by atoms with Gasteiger partial charge in [-0.1, -0.05) is 12.1 Å². The maximum absolute atomic E-state index is 13.3. The molecular formula is C22H27N5O. The van der Waals surface area contributed by atoms with Crippen molar-refractivity contribution in [3.63, 3.8) is 0 Å². The van der Waals surface area contributed by atoms with Crippen molar-refractivity contribution in [3.05, 3.63) is 47.3 Å². The van der Waals surface area contributed by atoms with Gasteiger partial charge in [-0.05, 0) is 57.0 Å². The van der Waals surface area contributed by atoms with Gasteiger partial charge in [-0.25, -0.2) is 4.98 Å². The predicted octanol–water partition coefficient (Wildman–Crippen LogP) is 3.41. The maximum Gasteiger partial charge on any atom is 0.254 e. The fourth-order valence-electron chi connectivity index (χ4n) is 3.85. The summed E-state index contributed by atoms with van der Waals surface area (Å²) in [6.07, 6.45) is 6.08. The maximum atomic E-state index is 13.3. The van der Waals surface area contributed by atoms with E-state index in [4.69, 9.17) is 4.98 Å². The highest BCUT2D eigenvalue weighted by Gasteiger charge is 2.20. The molecule has 0 aliphatic carbocycles. The summed E-state index contributed by atoms with van der Waals surface area (Å²) in [5, 5.41) is 7.78. The minimum absolute atomic E-state index is 0.0413. The molecule has 6 heteroatoms. The van der Waals surface area contributed by atoms with Crippen molar-refractivity contribution >= 4 is 16.8 Å². The molecule has 0 saturated carbocycles. The molecule has 0 bridgehead atoms. The molecule has 1 aliphatic rings. The van der Waals surface area contributed by atoms with Crippen LogP contribution < -0.4 is 0 Å². The average Bonchev–Trinajstić information content (AvgIpc) is 3.41. The molecule has 0 unspecified atom stereocenters. The Hall–Kier alpha value is -2.73. The lowest BCUT2D eigenvalue weighted by Gasteiger charge is -2.22. The number of rotatable bonds is 5. The van der Waals surface area contributed by atoms with E-state index < -0.39 is 0 Å². The largest absolute Gasteiger partial charge is 0.340 e. The van der Waals surface area contributed by atoms with Crippen molar-refractivity contribution in [2.75, 3.05) is 33.2 Å². The molecule has 4 rings (SSSR count). The first-order valence-corrected chi connectivity index (χ1v) is 9.92. The fraction of sp³-hybridized carbons (Fsp3) is 0.409. The van der Waals surface area contributed by atoms with Crippen LogP contribution in [0, 0.1) is 13.8 Å². The van der Waals surface area contributed by atoms with Gasteiger partial charge in [0.05, 0.1) is 23.0 Å². The van der Waals surface area contributed by atoms with Gasteiger partial charge >= 0.3 is 0 Å². The van der Waals surface area contributed by atoms with E-state index in [1.54, 1.807) is 6.20 Å². The molecule has 146 valence electrons. The zero-order valence-corrected chi connectivity index (χ0v) is 16.8. The summed E-state index contributed by atoms with van der Waals surface area (Å²) < 4.78 is 0. The van der Waals surface area contributed by atoms with Gasteiger partial charge in [0.25, 0.3) is 5.91 Å². The van der Waals surface area contributed by atoms with Crippen LogP contribution in [-0.2, 0) is 0 Å². The van der Waals surface area contributed by atoms with E-state index >= 15 is 0 Å². The zero-order chi connectivity index (χ0) is 19.7. The van der Waals surface area contributed by atoms with Crippen molar-refractivity contribution in [1.29, 1.82) is 0 Å². The summed E-state index contributed by atoms with van der Waals surface area (Å²) in [5.74, 6) is 0.0413. The van der Waals surface area contributed by atoms with Gasteiger partial charge in [-0.3, -0.25) is 9.89 Å². The lowest BCUT2D eigenvalue weighted by atomic mass is 9.99. The van der Waals surface area contributed by atoms with Crippen LogP contribution in [0.15, 0.2) is 30.6 Å². The van der Waals surface area contributed by atoms with E-state index in [9.17, 15) is 4.79 Å². The summed E-state index contributed by atoms with van der Waals surface area (Å²) >= 11 is 0. The molecule has 1 amide bonds. The van der Waals surface area contributed by atoms with Crippen molar-refractivity contribution in [2.45, 2.75) is 26.7 Å². The molecule has 2 aromatic heterocycles. The highest BCUT2D eigenvalue weighted by atomic mass is 16.2. The summed E-state index contributed by atoms with van der Waals surface area (Å²) in [7, 11) is 1.89. The summed E-state index contributed by atoms with van der Waals surface area (Å²) in [5.41, 5.74) is 5.52. The summed E-state index contributed by atoms with van der Waals surface area (Å²) in [6, 6.07) is 5.99. The van der Waals surface area contributed by atoms with E-state index in [0.29, 0.717) is 5.56 Å². The van der Waals surface area contributed by atoms with Crippen molar-refractivity contribution in [3.8, 4) is 11.3 Å². The number of carbonyl (C=O) groups excluding carboxylic acids is 1. The molecule has 3 aromatic rings. The number of fused-ring (bicyclic) bond motifs is 1. The predicted molar refractivity (Wildman–Crippen MR) is 111 cm³/mol. The molecule has 1 aromatic carbocycles. The number of likely N-dealkylation sites (N-methyl/N-ethyl adjacent to an activating group) is 1. The number of aromatic amines is 1. The van der Waals surface area contributed by atoms with Crippen molar-refractivity contribution in [1.82, 2.24) is 25.0 Å². The minimum atomic E-state index is 0.0413. The molecule has 1 saturated heterocycles. The topological polar surface area (TPSA) is 65.1 Å². The number of benzene rings is 1. The van der Waals surface area contributed by atoms with Crippen LogP contribution in [0.5, 0.6) is 0 Å². The number of hydrogen-bond donors (Lipinski definition) is 1. The van der Waals surface area contributed by atoms with Gasteiger partial charge in [0.15, 0.2) is 0 Å². The number of nitrogens with zero attached hydrogens (tertiary/aromatic N) is 4. The second-order valence-electron chi connectivity index (χ2n) is 7.72. The molecule has 0 spiro atoms. The van der Waals surface area contributed by atoms with E-state index in [1.165, 1.54) is 18.4 Å². The summed E-state index contributed by atoms with van der Waals surface area (Å²) in [6.45, 7) is 8.08. The number of nitrogens with one attached hydrogen (secondary N) is 1. The third-order valence-electron chi connectivity index (χ3n) is 5.83. The Morgan fingerprint density at radius 1 is 1.25 bits per heavy atom. The Morgan fingerprint density at radius 3 is 2.75 bits per heavy atom. The monoisotopic (exact) mass is 377 g/mol. The lowest BCUT2D eigenvalue weighted by molar-refractivity contribution is 0.0784. The molecular weight excluding hydrogens is 350 g/mol. The summed E-state index contributed by atoms with van der Waals surface area (Å²) in [4.78, 5) is 22.5. The number of H-pyrrole nitrogens is 1. The van der Waals surface area contributed by atoms with Crippen LogP contribution in [0.25, 0.3) is 22.2 Å². The first kappa shape index (κ1) is 18.6. The number of likely N-dealkylation sites (tertiary alicyclic amines) is 1. The fourth-order valence-corrected chi connectivity index (χ4v) is 3.85. The molecule has 1 N–H and O–H groups in total. The first-order chi connectivity index (χ1) is 13.5. The third kappa shape index (κ3) is 3.52. The quantitative estimate of drug-likeness (QED) is 0.740. The number of carbonyl (C=O) groups is 1. The Bertz CT molecular complexity index is 990. The molecule has 0 atom stereocenters. The number of amides is 1. The van der Waals surface area contributed by atoms with Crippen molar-refractivity contribution in [2.24, 2.45) is 0 Å². The number of pyridine rings is 1. The van der Waals surface area contributed by atoms with Crippen LogP contribution in [0.3, 0.4) is 0 Å². The molecule has 1 fully saturated rings. The zero-order valence-electron chi connectivity index (χ0n) is 16.8. The van der Waals surface area contributed by atoms with Crippen LogP contribution in [0.4, 0.5) is 0 Å². The third-order valence-corrected chi connectivity index (χ3v) is 5.83. The number of hydrogen-bond acceptors (Lipinski definition) is 4. The molecule has 28 heavy (non-hydrogen) atoms. The van der Waals surface area contributed by atoms with E-state index in [2.05, 4.69) is 35.0 Å². The highest BCUT2D eigenvalue weighted by molar-refractivity contribution is 6.07. The Balaban J connectivity index is 1.71. The minimum Gasteiger partial charge on any atom is -0.340 e. The molecule has 0 radical (unpaired) electrons. The van der Waals surface area contributed by atoms with Crippen LogP contribution in [-0.4, -0.2) is 64.1 Å². The van der Waals surface area contributed by atoms with Gasteiger partial charge in [0.1, 0.15) is 0 Å². The number of aromatic nitrogens is 3. The van der Waals surface area contributed by atoms with Crippen LogP contribution in [0.2, 0.25) is 0 Å². The SMILES string of the molecule is Cc1ccc2c(C(=O)N(C)CCN3CCCC3)cc(-c3cn[nH]c3)nc2c1C. The molecule has 6 nitrogen and oxygen atoms in total. The van der Waals surface area contributed by atoms with Gasteiger partial charge in [-0.2, -0.15) is 5.10 Å². The van der Waals surface area contributed by atoms with Gasteiger partial charge in [0, 0.05) is 37.3 Å². The second kappa shape index (κ2) is 7.72. The normalized spacial score (nSPS) is 14.7. The van der Waals surface area contributed by atoms with Crippen molar-refractivity contribution < 1.29 is 4.79 Å². The molecule has 1 aliphatic heterocycles. The molecule has 3 heterocycles. The Labute approximate surface area is 165 Å². The van der Waals surface area contributed by atoms with Crippen LogP contribution >= 0.6 is 0 Å². The average molecular weight is 377 g/mol. The van der Waals surface area contributed by atoms with Gasteiger partial charge in [0.2, 0.25) is 0 Å². The number of aryl methyl sites for hydroxylation is 2. The van der Waals surface area contributed by atoms with E-state index in [0.717, 1.165) is 53.9 Å². The smallest absolute Gasteiger partial charge is 0.254 e. The lowest BCUT2D eigenvalue weighted by Crippen LogP contribution is -2.35.